The van der Waals surface area contributed by atoms with Crippen molar-refractivity contribution >= 4 is 28.3 Å². The molecule has 0 spiro atoms. The highest BCUT2D eigenvalue weighted by Crippen LogP contribution is 2.41. The molecule has 1 aromatic heterocycles. The summed E-state index contributed by atoms with van der Waals surface area (Å²) in [4.78, 5) is 27.1. The van der Waals surface area contributed by atoms with Crippen LogP contribution in [0.15, 0.2) is 0 Å². The molecule has 5 nitrogen and oxygen atoms in total. The number of fused-ring (bicyclic) bond motifs is 1. The van der Waals surface area contributed by atoms with Crippen LogP contribution < -0.4 is 10.2 Å². The van der Waals surface area contributed by atoms with E-state index < -0.39 is 0 Å². The fraction of sp³-hybridized carbons (Fsp3) is 0.571. The van der Waals surface area contributed by atoms with Crippen LogP contribution in [0.3, 0.4) is 0 Å². The van der Waals surface area contributed by atoms with E-state index in [-0.39, 0.29) is 12.0 Å². The number of esters is 1. The van der Waals surface area contributed by atoms with Gasteiger partial charge in [-0.3, -0.25) is 4.90 Å². The number of amides is 2. The smallest absolute Gasteiger partial charge is 0.341 e. The molecule has 1 fully saturated rings. The quantitative estimate of drug-likeness (QED) is 0.870. The fourth-order valence-corrected chi connectivity index (χ4v) is 4.22. The van der Waals surface area contributed by atoms with Crippen molar-refractivity contribution in [1.82, 2.24) is 5.32 Å². The number of anilines is 1. The largest absolute Gasteiger partial charge is 0.462 e. The van der Waals surface area contributed by atoms with Gasteiger partial charge in [-0.1, -0.05) is 0 Å². The van der Waals surface area contributed by atoms with Crippen LogP contribution in [0.25, 0.3) is 0 Å². The minimum atomic E-state index is -0.290. The van der Waals surface area contributed by atoms with Gasteiger partial charge < -0.3 is 10.1 Å². The summed E-state index contributed by atoms with van der Waals surface area (Å²) in [5.74, 6) is -0.290. The van der Waals surface area contributed by atoms with E-state index >= 15 is 0 Å². The number of nitrogens with zero attached hydrogens (tertiary/aromatic N) is 1. The summed E-state index contributed by atoms with van der Waals surface area (Å²) in [7, 11) is 0. The zero-order chi connectivity index (χ0) is 14.1. The molecule has 0 bridgehead atoms. The molecule has 108 valence electrons. The molecule has 1 aromatic rings. The highest BCUT2D eigenvalue weighted by Gasteiger charge is 2.33. The maximum atomic E-state index is 12.3. The molecule has 1 N–H and O–H groups in total. The second-order valence-corrected chi connectivity index (χ2v) is 6.08. The molecule has 6 heteroatoms. The third kappa shape index (κ3) is 2.18. The average molecular weight is 294 g/mol. The minimum Gasteiger partial charge on any atom is -0.462 e. The summed E-state index contributed by atoms with van der Waals surface area (Å²) in [6, 6.07) is -0.117. The Morgan fingerprint density at radius 2 is 2.20 bits per heavy atom. The third-order valence-electron chi connectivity index (χ3n) is 3.73. The van der Waals surface area contributed by atoms with E-state index in [2.05, 4.69) is 5.32 Å². The lowest BCUT2D eigenvalue weighted by molar-refractivity contribution is 0.0526. The SMILES string of the molecule is CCOC(=O)c1c(N2CCNC2=O)sc2c1CCCC2. The number of nitrogens with one attached hydrogen (secondary N) is 1. The number of aryl methyl sites for hydroxylation is 1. The summed E-state index contributed by atoms with van der Waals surface area (Å²) < 4.78 is 5.20. The minimum absolute atomic E-state index is 0.117. The molecule has 0 aromatic carbocycles. The lowest BCUT2D eigenvalue weighted by atomic mass is 9.95. The number of rotatable bonds is 3. The highest BCUT2D eigenvalue weighted by atomic mass is 32.1. The number of urea groups is 1. The van der Waals surface area contributed by atoms with Gasteiger partial charge in [0.1, 0.15) is 5.00 Å². The number of ether oxygens (including phenoxy) is 1. The van der Waals surface area contributed by atoms with Gasteiger partial charge in [-0.25, -0.2) is 9.59 Å². The Labute approximate surface area is 121 Å². The van der Waals surface area contributed by atoms with Crippen molar-refractivity contribution < 1.29 is 14.3 Å². The molecule has 20 heavy (non-hydrogen) atoms. The average Bonchev–Trinajstić information content (AvgIpc) is 3.01. The van der Waals surface area contributed by atoms with Gasteiger partial charge in [-0.05, 0) is 38.2 Å². The molecule has 1 aliphatic carbocycles. The first-order chi connectivity index (χ1) is 9.72. The van der Waals surface area contributed by atoms with Gasteiger partial charge >= 0.3 is 12.0 Å². The van der Waals surface area contributed by atoms with Crippen LogP contribution in [0.4, 0.5) is 9.80 Å². The van der Waals surface area contributed by atoms with Crippen molar-refractivity contribution in [3.05, 3.63) is 16.0 Å². The Morgan fingerprint density at radius 1 is 1.40 bits per heavy atom. The summed E-state index contributed by atoms with van der Waals surface area (Å²) in [5.41, 5.74) is 1.73. The van der Waals surface area contributed by atoms with E-state index in [1.54, 1.807) is 23.2 Å². The lowest BCUT2D eigenvalue weighted by Gasteiger charge is -2.15. The summed E-state index contributed by atoms with van der Waals surface area (Å²) in [6.07, 6.45) is 4.17. The molecule has 3 rings (SSSR count). The third-order valence-corrected chi connectivity index (χ3v) is 5.05. The Balaban J connectivity index is 2.05. The van der Waals surface area contributed by atoms with Gasteiger partial charge in [0.15, 0.2) is 0 Å². The topological polar surface area (TPSA) is 58.6 Å². The zero-order valence-electron chi connectivity index (χ0n) is 11.5. The number of carbonyl (C=O) groups is 2. The van der Waals surface area contributed by atoms with Crippen molar-refractivity contribution in [3.8, 4) is 0 Å². The Bertz CT molecular complexity index is 553. The molecule has 0 radical (unpaired) electrons. The van der Waals surface area contributed by atoms with Gasteiger partial charge in [0.05, 0.1) is 12.2 Å². The van der Waals surface area contributed by atoms with E-state index in [1.807, 2.05) is 0 Å². The van der Waals surface area contributed by atoms with Crippen molar-refractivity contribution in [1.29, 1.82) is 0 Å². The molecule has 0 saturated carbocycles. The van der Waals surface area contributed by atoms with E-state index in [4.69, 9.17) is 4.74 Å². The molecular weight excluding hydrogens is 276 g/mol. The van der Waals surface area contributed by atoms with Crippen molar-refractivity contribution in [2.75, 3.05) is 24.6 Å². The molecule has 0 unspecified atom stereocenters. The predicted molar refractivity (Wildman–Crippen MR) is 77.7 cm³/mol. The molecule has 0 atom stereocenters. The van der Waals surface area contributed by atoms with Crippen LogP contribution in [0.2, 0.25) is 0 Å². The summed E-state index contributed by atoms with van der Waals surface area (Å²) in [6.45, 7) is 3.41. The Morgan fingerprint density at radius 3 is 2.90 bits per heavy atom. The Kier molecular flexibility index (Phi) is 3.65. The highest BCUT2D eigenvalue weighted by molar-refractivity contribution is 7.17. The standard InChI is InChI=1S/C14H18N2O3S/c1-2-19-13(17)11-9-5-3-4-6-10(9)20-12(11)16-8-7-15-14(16)18/h2-8H2,1H3,(H,15,18). The molecular formula is C14H18N2O3S. The first kappa shape index (κ1) is 13.4. The maximum absolute atomic E-state index is 12.3. The maximum Gasteiger partial charge on any atom is 0.341 e. The molecule has 2 heterocycles. The molecule has 1 saturated heterocycles. The van der Waals surface area contributed by atoms with E-state index in [0.29, 0.717) is 25.3 Å². The second kappa shape index (κ2) is 5.44. The van der Waals surface area contributed by atoms with Crippen LogP contribution in [-0.4, -0.2) is 31.7 Å². The summed E-state index contributed by atoms with van der Waals surface area (Å²) >= 11 is 1.58. The van der Waals surface area contributed by atoms with Crippen LogP contribution in [0.1, 0.15) is 40.6 Å². The van der Waals surface area contributed by atoms with E-state index in [1.165, 1.54) is 4.88 Å². The number of hydrogen-bond donors (Lipinski definition) is 1. The molecule has 1 aliphatic heterocycles. The van der Waals surface area contributed by atoms with Gasteiger partial charge in [-0.15, -0.1) is 11.3 Å². The predicted octanol–water partition coefficient (Wildman–Crippen LogP) is 2.33. The van der Waals surface area contributed by atoms with E-state index in [9.17, 15) is 9.59 Å². The lowest BCUT2D eigenvalue weighted by Crippen LogP contribution is -2.28. The van der Waals surface area contributed by atoms with Crippen LogP contribution in [0, 0.1) is 0 Å². The van der Waals surface area contributed by atoms with Gasteiger partial charge in [0, 0.05) is 18.0 Å². The fourth-order valence-electron chi connectivity index (χ4n) is 2.82. The first-order valence-electron chi connectivity index (χ1n) is 7.09. The van der Waals surface area contributed by atoms with Crippen molar-refractivity contribution in [3.63, 3.8) is 0 Å². The van der Waals surface area contributed by atoms with Gasteiger partial charge in [-0.2, -0.15) is 0 Å². The first-order valence-corrected chi connectivity index (χ1v) is 7.91. The second-order valence-electron chi connectivity index (χ2n) is 5.00. The number of thiophene rings is 1. The van der Waals surface area contributed by atoms with Crippen molar-refractivity contribution in [2.45, 2.75) is 32.6 Å². The van der Waals surface area contributed by atoms with Gasteiger partial charge in [0.2, 0.25) is 0 Å². The van der Waals surface area contributed by atoms with Crippen LogP contribution >= 0.6 is 11.3 Å². The van der Waals surface area contributed by atoms with E-state index in [0.717, 1.165) is 36.2 Å². The summed E-state index contributed by atoms with van der Waals surface area (Å²) in [5, 5.41) is 3.56. The Hall–Kier alpha value is -1.56. The van der Waals surface area contributed by atoms with Gasteiger partial charge in [0.25, 0.3) is 0 Å². The van der Waals surface area contributed by atoms with Crippen molar-refractivity contribution in [2.24, 2.45) is 0 Å². The zero-order valence-corrected chi connectivity index (χ0v) is 12.3. The normalized spacial score (nSPS) is 17.9. The number of hydrogen-bond acceptors (Lipinski definition) is 4. The number of carbonyl (C=O) groups excluding carboxylic acids is 2. The monoisotopic (exact) mass is 294 g/mol. The molecule has 2 aliphatic rings. The van der Waals surface area contributed by atoms with Crippen LogP contribution in [0.5, 0.6) is 0 Å². The molecule has 2 amide bonds. The van der Waals surface area contributed by atoms with Crippen LogP contribution in [-0.2, 0) is 17.6 Å².